The lowest BCUT2D eigenvalue weighted by Crippen LogP contribution is -2.26. The van der Waals surface area contributed by atoms with E-state index in [0.717, 1.165) is 10.7 Å². The molecule has 0 bridgehead atoms. The highest BCUT2D eigenvalue weighted by Gasteiger charge is 2.15. The number of nitrogens with one attached hydrogen (secondary N) is 1. The van der Waals surface area contributed by atoms with E-state index in [1.807, 2.05) is 0 Å². The molecule has 1 unspecified atom stereocenters. The van der Waals surface area contributed by atoms with Gasteiger partial charge < -0.3 is 4.98 Å². The van der Waals surface area contributed by atoms with E-state index in [9.17, 15) is 13.6 Å². The van der Waals surface area contributed by atoms with Gasteiger partial charge in [0, 0.05) is 6.07 Å². The van der Waals surface area contributed by atoms with E-state index in [2.05, 4.69) is 15.1 Å². The highest BCUT2D eigenvalue weighted by Crippen LogP contribution is 2.18. The summed E-state index contributed by atoms with van der Waals surface area (Å²) in [4.78, 5) is 18.9. The number of hydrogen-bond donors (Lipinski definition) is 1. The Labute approximate surface area is 111 Å². The van der Waals surface area contributed by atoms with Gasteiger partial charge in [-0.3, -0.25) is 4.79 Å². The maximum atomic E-state index is 13.2. The molecule has 3 aromatic rings. The van der Waals surface area contributed by atoms with E-state index < -0.39 is 23.2 Å². The smallest absolute Gasteiger partial charge is 0.295 e. The van der Waals surface area contributed by atoms with Gasteiger partial charge in [-0.05, 0) is 24.6 Å². The maximum absolute atomic E-state index is 13.2. The van der Waals surface area contributed by atoms with Gasteiger partial charge in [0.2, 0.25) is 0 Å². The third kappa shape index (κ3) is 1.97. The fourth-order valence-corrected chi connectivity index (χ4v) is 2.09. The number of H-pyrrole nitrogens is 1. The zero-order valence-electron chi connectivity index (χ0n) is 10.5. The van der Waals surface area contributed by atoms with Crippen molar-refractivity contribution in [2.24, 2.45) is 0 Å². The molecule has 0 radical (unpaired) electrons. The highest BCUT2D eigenvalue weighted by atomic mass is 19.1. The zero-order valence-corrected chi connectivity index (χ0v) is 10.5. The molecule has 0 aliphatic rings. The lowest BCUT2D eigenvalue weighted by molar-refractivity contribution is 0.521. The van der Waals surface area contributed by atoms with Crippen LogP contribution in [0.4, 0.5) is 8.78 Å². The van der Waals surface area contributed by atoms with E-state index in [1.165, 1.54) is 24.7 Å². The van der Waals surface area contributed by atoms with E-state index in [0.29, 0.717) is 11.1 Å². The molecule has 0 amide bonds. The summed E-state index contributed by atoms with van der Waals surface area (Å²) < 4.78 is 27.6. The molecule has 5 nitrogen and oxygen atoms in total. The molecule has 0 aliphatic carbocycles. The average Bonchev–Trinajstić information content (AvgIpc) is 2.86. The minimum atomic E-state index is -0.694. The molecular weight excluding hydrogens is 266 g/mol. The van der Waals surface area contributed by atoms with Crippen molar-refractivity contribution in [2.75, 3.05) is 0 Å². The average molecular weight is 276 g/mol. The zero-order chi connectivity index (χ0) is 14.3. The Morgan fingerprint density at radius 2 is 1.95 bits per heavy atom. The summed E-state index contributed by atoms with van der Waals surface area (Å²) in [6.45, 7) is 1.64. The first-order valence-corrected chi connectivity index (χ1v) is 5.93. The fourth-order valence-electron chi connectivity index (χ4n) is 2.09. The van der Waals surface area contributed by atoms with Gasteiger partial charge in [0.05, 0.1) is 24.1 Å². The van der Waals surface area contributed by atoms with Gasteiger partial charge in [-0.15, -0.1) is 0 Å². The monoisotopic (exact) mass is 276 g/mol. The molecule has 0 aliphatic heterocycles. The van der Waals surface area contributed by atoms with Crippen molar-refractivity contribution in [1.82, 2.24) is 19.7 Å². The minimum Gasteiger partial charge on any atom is -0.343 e. The van der Waals surface area contributed by atoms with Crippen molar-refractivity contribution in [1.29, 1.82) is 0 Å². The first-order valence-electron chi connectivity index (χ1n) is 5.93. The molecule has 0 saturated heterocycles. The molecule has 1 atom stereocenters. The first-order chi connectivity index (χ1) is 9.56. The van der Waals surface area contributed by atoms with Crippen LogP contribution in [0.25, 0.3) is 11.0 Å². The van der Waals surface area contributed by atoms with Crippen LogP contribution >= 0.6 is 0 Å². The molecule has 3 rings (SSSR count). The van der Waals surface area contributed by atoms with Crippen LogP contribution in [0.3, 0.4) is 0 Å². The van der Waals surface area contributed by atoms with Crippen LogP contribution in [-0.2, 0) is 0 Å². The second kappa shape index (κ2) is 4.52. The SMILES string of the molecule is CC(c1cc(F)cc(F)c1)n1ncc2[nH]cnc2c1=O. The molecule has 2 aromatic heterocycles. The summed E-state index contributed by atoms with van der Waals surface area (Å²) in [7, 11) is 0. The number of hydrogen-bond acceptors (Lipinski definition) is 3. The fraction of sp³-hybridized carbons (Fsp3) is 0.154. The van der Waals surface area contributed by atoms with E-state index in [4.69, 9.17) is 0 Å². The normalized spacial score (nSPS) is 12.8. The molecule has 20 heavy (non-hydrogen) atoms. The van der Waals surface area contributed by atoms with Crippen LogP contribution in [0.2, 0.25) is 0 Å². The van der Waals surface area contributed by atoms with E-state index >= 15 is 0 Å². The molecule has 2 heterocycles. The Bertz CT molecular complexity index is 819. The molecule has 1 aromatic carbocycles. The number of fused-ring (bicyclic) bond motifs is 1. The largest absolute Gasteiger partial charge is 0.343 e. The third-order valence-corrected chi connectivity index (χ3v) is 3.12. The predicted octanol–water partition coefficient (Wildman–Crippen LogP) is 2.01. The third-order valence-electron chi connectivity index (χ3n) is 3.12. The molecule has 1 N–H and O–H groups in total. The lowest BCUT2D eigenvalue weighted by Gasteiger charge is -2.14. The summed E-state index contributed by atoms with van der Waals surface area (Å²) in [6, 6.07) is 2.53. The molecule has 0 spiro atoms. The number of imidazole rings is 1. The van der Waals surface area contributed by atoms with Crippen LogP contribution in [0.1, 0.15) is 18.5 Å². The quantitative estimate of drug-likeness (QED) is 0.778. The highest BCUT2D eigenvalue weighted by molar-refractivity contribution is 5.71. The Kier molecular flexibility index (Phi) is 2.81. The summed E-state index contributed by atoms with van der Waals surface area (Å²) in [6.07, 6.45) is 2.85. The maximum Gasteiger partial charge on any atom is 0.295 e. The number of halogens is 2. The Balaban J connectivity index is 2.14. The van der Waals surface area contributed by atoms with Crippen molar-refractivity contribution in [3.63, 3.8) is 0 Å². The Hall–Kier alpha value is -2.57. The Morgan fingerprint density at radius 3 is 2.65 bits per heavy atom. The van der Waals surface area contributed by atoms with Crippen molar-refractivity contribution in [3.05, 3.63) is 58.3 Å². The molecule has 0 fully saturated rings. The van der Waals surface area contributed by atoms with Gasteiger partial charge in [0.25, 0.3) is 5.56 Å². The number of nitrogens with zero attached hydrogens (tertiary/aromatic N) is 3. The summed E-state index contributed by atoms with van der Waals surface area (Å²) in [5, 5.41) is 4.00. The molecule has 102 valence electrons. The van der Waals surface area contributed by atoms with Gasteiger partial charge in [-0.25, -0.2) is 18.4 Å². The second-order valence-corrected chi connectivity index (χ2v) is 4.44. The van der Waals surface area contributed by atoms with Crippen molar-refractivity contribution in [3.8, 4) is 0 Å². The van der Waals surface area contributed by atoms with Crippen LogP contribution in [0, 0.1) is 11.6 Å². The second-order valence-electron chi connectivity index (χ2n) is 4.44. The van der Waals surface area contributed by atoms with E-state index in [1.54, 1.807) is 6.92 Å². The lowest BCUT2D eigenvalue weighted by atomic mass is 10.1. The Morgan fingerprint density at radius 1 is 1.25 bits per heavy atom. The van der Waals surface area contributed by atoms with Crippen LogP contribution in [0.5, 0.6) is 0 Å². The van der Waals surface area contributed by atoms with E-state index in [-0.39, 0.29) is 5.52 Å². The molecule has 0 saturated carbocycles. The predicted molar refractivity (Wildman–Crippen MR) is 68.3 cm³/mol. The topological polar surface area (TPSA) is 63.6 Å². The van der Waals surface area contributed by atoms with Gasteiger partial charge in [0.15, 0.2) is 5.52 Å². The summed E-state index contributed by atoms with van der Waals surface area (Å²) >= 11 is 0. The van der Waals surface area contributed by atoms with Crippen molar-refractivity contribution >= 4 is 11.0 Å². The molecular formula is C13H10F2N4O. The minimum absolute atomic E-state index is 0.240. The van der Waals surface area contributed by atoms with Crippen molar-refractivity contribution in [2.45, 2.75) is 13.0 Å². The van der Waals surface area contributed by atoms with Crippen LogP contribution in [0.15, 0.2) is 35.5 Å². The number of rotatable bonds is 2. The summed E-state index contributed by atoms with van der Waals surface area (Å²) in [5.41, 5.74) is 0.667. The molecule has 7 heteroatoms. The van der Waals surface area contributed by atoms with Crippen molar-refractivity contribution < 1.29 is 8.78 Å². The van der Waals surface area contributed by atoms with Crippen LogP contribution in [-0.4, -0.2) is 19.7 Å². The van der Waals surface area contributed by atoms with Crippen LogP contribution < -0.4 is 5.56 Å². The summed E-state index contributed by atoms with van der Waals surface area (Å²) in [5.74, 6) is -1.39. The number of benzene rings is 1. The van der Waals surface area contributed by atoms with Gasteiger partial charge >= 0.3 is 0 Å². The van der Waals surface area contributed by atoms with Gasteiger partial charge in [-0.1, -0.05) is 0 Å². The number of aromatic amines is 1. The van der Waals surface area contributed by atoms with Gasteiger partial charge in [0.1, 0.15) is 11.6 Å². The van der Waals surface area contributed by atoms with Gasteiger partial charge in [-0.2, -0.15) is 5.10 Å². The number of aromatic nitrogens is 4. The first kappa shape index (κ1) is 12.5. The standard InChI is InChI=1S/C13H10F2N4O/c1-7(8-2-9(14)4-10(15)3-8)19-13(20)12-11(5-18-19)16-6-17-12/h2-7H,1H3,(H,16,17).